The third-order valence-corrected chi connectivity index (χ3v) is 4.03. The maximum atomic E-state index is 6.24. The van der Waals surface area contributed by atoms with Gasteiger partial charge in [0.05, 0.1) is 13.2 Å². The monoisotopic (exact) mass is 333 g/mol. The van der Waals surface area contributed by atoms with E-state index in [1.807, 2.05) is 12.1 Å². The fourth-order valence-electron chi connectivity index (χ4n) is 2.82. The first kappa shape index (κ1) is 18.4. The molecule has 1 saturated carbocycles. The molecule has 0 saturated heterocycles. The normalized spacial score (nSPS) is 16.1. The van der Waals surface area contributed by atoms with Crippen LogP contribution in [-0.2, 0) is 6.54 Å². The number of ether oxygens (including phenoxy) is 2. The second kappa shape index (κ2) is 8.27. The Morgan fingerprint density at radius 3 is 2.54 bits per heavy atom. The Balaban J connectivity index is 2.07. The fourth-order valence-corrected chi connectivity index (χ4v) is 2.82. The van der Waals surface area contributed by atoms with Crippen LogP contribution in [0.15, 0.2) is 23.2 Å². The molecule has 24 heavy (non-hydrogen) atoms. The molecule has 1 aromatic carbocycles. The molecule has 0 amide bonds. The minimum atomic E-state index is -0.0368. The molecule has 2 N–H and O–H groups in total. The second-order valence-corrected chi connectivity index (χ2v) is 7.30. The van der Waals surface area contributed by atoms with Crippen LogP contribution in [0.5, 0.6) is 11.5 Å². The number of rotatable bonds is 5. The van der Waals surface area contributed by atoms with Crippen molar-refractivity contribution in [3.05, 3.63) is 23.8 Å². The van der Waals surface area contributed by atoms with Crippen molar-refractivity contribution in [2.45, 2.75) is 64.6 Å². The van der Waals surface area contributed by atoms with Gasteiger partial charge < -0.3 is 20.1 Å². The summed E-state index contributed by atoms with van der Waals surface area (Å²) in [5.41, 5.74) is 1.07. The van der Waals surface area contributed by atoms with Gasteiger partial charge in [-0.2, -0.15) is 0 Å². The van der Waals surface area contributed by atoms with Crippen LogP contribution in [0.4, 0.5) is 0 Å². The lowest BCUT2D eigenvalue weighted by atomic mass is 10.1. The van der Waals surface area contributed by atoms with E-state index in [-0.39, 0.29) is 5.54 Å². The van der Waals surface area contributed by atoms with Crippen molar-refractivity contribution in [3.63, 3.8) is 0 Å². The largest absolute Gasteiger partial charge is 0.497 e. The Kier molecular flexibility index (Phi) is 6.35. The van der Waals surface area contributed by atoms with Gasteiger partial charge in [-0.15, -0.1) is 0 Å². The van der Waals surface area contributed by atoms with Crippen molar-refractivity contribution in [3.8, 4) is 11.5 Å². The predicted molar refractivity (Wildman–Crippen MR) is 99.0 cm³/mol. The van der Waals surface area contributed by atoms with Crippen molar-refractivity contribution in [1.82, 2.24) is 10.6 Å². The summed E-state index contributed by atoms with van der Waals surface area (Å²) < 4.78 is 11.6. The van der Waals surface area contributed by atoms with E-state index < -0.39 is 0 Å². The lowest BCUT2D eigenvalue weighted by Crippen LogP contribution is -2.47. The van der Waals surface area contributed by atoms with Gasteiger partial charge in [-0.25, -0.2) is 0 Å². The molecular weight excluding hydrogens is 302 g/mol. The summed E-state index contributed by atoms with van der Waals surface area (Å²) >= 11 is 0. The standard InChI is InChI=1S/C19H31N3O2/c1-19(2,3)22-18(20-4)21-13-14-10-11-16(23-5)12-17(14)24-15-8-6-7-9-15/h10-12,15H,6-9,13H2,1-5H3,(H2,20,21,22). The molecule has 0 aliphatic heterocycles. The average Bonchev–Trinajstić information content (AvgIpc) is 3.04. The van der Waals surface area contributed by atoms with Crippen LogP contribution in [0, 0.1) is 0 Å². The molecule has 0 spiro atoms. The molecule has 1 aliphatic carbocycles. The van der Waals surface area contributed by atoms with Gasteiger partial charge in [-0.1, -0.05) is 0 Å². The van der Waals surface area contributed by atoms with Crippen molar-refractivity contribution < 1.29 is 9.47 Å². The zero-order valence-electron chi connectivity index (χ0n) is 15.6. The topological polar surface area (TPSA) is 54.9 Å². The summed E-state index contributed by atoms with van der Waals surface area (Å²) in [4.78, 5) is 4.28. The minimum Gasteiger partial charge on any atom is -0.497 e. The summed E-state index contributed by atoms with van der Waals surface area (Å²) in [6, 6.07) is 6.01. The lowest BCUT2D eigenvalue weighted by Gasteiger charge is -2.24. The summed E-state index contributed by atoms with van der Waals surface area (Å²) in [6.07, 6.45) is 5.10. The van der Waals surface area contributed by atoms with Crippen LogP contribution < -0.4 is 20.1 Å². The first-order valence-electron chi connectivity index (χ1n) is 8.73. The highest BCUT2D eigenvalue weighted by molar-refractivity contribution is 5.80. The highest BCUT2D eigenvalue weighted by Gasteiger charge is 2.19. The number of methoxy groups -OCH3 is 1. The Bertz CT molecular complexity index is 558. The van der Waals surface area contributed by atoms with Crippen LogP contribution in [0.3, 0.4) is 0 Å². The molecule has 0 heterocycles. The molecule has 2 rings (SSSR count). The SMILES string of the molecule is CN=C(NCc1ccc(OC)cc1OC1CCCC1)NC(C)(C)C. The van der Waals surface area contributed by atoms with Gasteiger partial charge in [0.15, 0.2) is 5.96 Å². The van der Waals surface area contributed by atoms with E-state index in [1.165, 1.54) is 12.8 Å². The van der Waals surface area contributed by atoms with Crippen LogP contribution in [0.25, 0.3) is 0 Å². The molecule has 0 aromatic heterocycles. The Morgan fingerprint density at radius 1 is 1.25 bits per heavy atom. The van der Waals surface area contributed by atoms with E-state index in [0.717, 1.165) is 35.9 Å². The summed E-state index contributed by atoms with van der Waals surface area (Å²) in [7, 11) is 3.47. The number of benzene rings is 1. The minimum absolute atomic E-state index is 0.0368. The molecule has 1 fully saturated rings. The zero-order chi connectivity index (χ0) is 17.6. The fraction of sp³-hybridized carbons (Fsp3) is 0.632. The van der Waals surface area contributed by atoms with Gasteiger partial charge in [0.2, 0.25) is 0 Å². The number of nitrogens with zero attached hydrogens (tertiary/aromatic N) is 1. The van der Waals surface area contributed by atoms with Crippen molar-refractivity contribution in [2.75, 3.05) is 14.2 Å². The number of aliphatic imine (C=N–C) groups is 1. The maximum Gasteiger partial charge on any atom is 0.191 e. The summed E-state index contributed by atoms with van der Waals surface area (Å²) in [5.74, 6) is 2.51. The molecule has 5 heteroatoms. The average molecular weight is 333 g/mol. The molecule has 134 valence electrons. The van der Waals surface area contributed by atoms with Gasteiger partial charge in [-0.3, -0.25) is 4.99 Å². The van der Waals surface area contributed by atoms with Gasteiger partial charge in [0.25, 0.3) is 0 Å². The first-order valence-corrected chi connectivity index (χ1v) is 8.73. The smallest absolute Gasteiger partial charge is 0.191 e. The maximum absolute atomic E-state index is 6.24. The predicted octanol–water partition coefficient (Wildman–Crippen LogP) is 3.48. The highest BCUT2D eigenvalue weighted by Crippen LogP contribution is 2.29. The Morgan fingerprint density at radius 2 is 1.96 bits per heavy atom. The zero-order valence-corrected chi connectivity index (χ0v) is 15.6. The number of nitrogens with one attached hydrogen (secondary N) is 2. The van der Waals surface area contributed by atoms with Gasteiger partial charge in [0.1, 0.15) is 11.5 Å². The molecule has 1 aliphatic rings. The van der Waals surface area contributed by atoms with Crippen molar-refractivity contribution in [2.24, 2.45) is 4.99 Å². The van der Waals surface area contributed by atoms with E-state index >= 15 is 0 Å². The van der Waals surface area contributed by atoms with E-state index in [4.69, 9.17) is 9.47 Å². The first-order chi connectivity index (χ1) is 11.4. The van der Waals surface area contributed by atoms with Crippen LogP contribution >= 0.6 is 0 Å². The molecule has 5 nitrogen and oxygen atoms in total. The molecular formula is C19H31N3O2. The van der Waals surface area contributed by atoms with E-state index in [1.54, 1.807) is 14.2 Å². The lowest BCUT2D eigenvalue weighted by molar-refractivity contribution is 0.207. The number of hydrogen-bond acceptors (Lipinski definition) is 3. The van der Waals surface area contributed by atoms with Crippen LogP contribution in [-0.4, -0.2) is 31.8 Å². The van der Waals surface area contributed by atoms with E-state index in [2.05, 4.69) is 42.5 Å². The summed E-state index contributed by atoms with van der Waals surface area (Å²) in [5, 5.41) is 6.73. The van der Waals surface area contributed by atoms with Crippen LogP contribution in [0.1, 0.15) is 52.0 Å². The number of hydrogen-bond donors (Lipinski definition) is 2. The van der Waals surface area contributed by atoms with Crippen LogP contribution in [0.2, 0.25) is 0 Å². The number of guanidine groups is 1. The molecule has 0 unspecified atom stereocenters. The quantitative estimate of drug-likeness (QED) is 0.640. The molecule has 0 radical (unpaired) electrons. The van der Waals surface area contributed by atoms with E-state index in [0.29, 0.717) is 12.6 Å². The van der Waals surface area contributed by atoms with Crippen molar-refractivity contribution >= 4 is 5.96 Å². The molecule has 1 aromatic rings. The second-order valence-electron chi connectivity index (χ2n) is 7.30. The van der Waals surface area contributed by atoms with Gasteiger partial charge in [-0.05, 0) is 58.6 Å². The molecule has 0 bridgehead atoms. The van der Waals surface area contributed by atoms with E-state index in [9.17, 15) is 0 Å². The third-order valence-electron chi connectivity index (χ3n) is 4.03. The Hall–Kier alpha value is -1.91. The van der Waals surface area contributed by atoms with Crippen molar-refractivity contribution in [1.29, 1.82) is 0 Å². The van der Waals surface area contributed by atoms with Gasteiger partial charge >= 0.3 is 0 Å². The highest BCUT2D eigenvalue weighted by atomic mass is 16.5. The summed E-state index contributed by atoms with van der Waals surface area (Å²) in [6.45, 7) is 6.99. The third kappa shape index (κ3) is 5.62. The van der Waals surface area contributed by atoms with Gasteiger partial charge in [0, 0.05) is 30.8 Å². The molecule has 0 atom stereocenters. The Labute approximate surface area is 145 Å².